The summed E-state index contributed by atoms with van der Waals surface area (Å²) in [7, 11) is 0. The number of rotatable bonds is 6. The van der Waals surface area contributed by atoms with E-state index in [0.29, 0.717) is 12.6 Å². The van der Waals surface area contributed by atoms with Gasteiger partial charge in [-0.05, 0) is 32.0 Å². The molecule has 0 bridgehead atoms. The third-order valence-electron chi connectivity index (χ3n) is 3.03. The van der Waals surface area contributed by atoms with E-state index in [4.69, 9.17) is 9.15 Å². The fourth-order valence-electron chi connectivity index (χ4n) is 1.82. The summed E-state index contributed by atoms with van der Waals surface area (Å²) in [5.41, 5.74) is 2.06. The van der Waals surface area contributed by atoms with Crippen LogP contribution < -0.4 is 10.1 Å². The predicted octanol–water partition coefficient (Wildman–Crippen LogP) is 3.37. The Labute approximate surface area is 120 Å². The maximum Gasteiger partial charge on any atom is 0.138 e. The maximum absolute atomic E-state index is 5.72. The van der Waals surface area contributed by atoms with Gasteiger partial charge in [-0.3, -0.25) is 4.98 Å². The van der Waals surface area contributed by atoms with Crippen LogP contribution in [0, 0.1) is 13.8 Å². The largest absolute Gasteiger partial charge is 0.487 e. The van der Waals surface area contributed by atoms with Crippen molar-refractivity contribution in [2.75, 3.05) is 0 Å². The van der Waals surface area contributed by atoms with Crippen LogP contribution in [0.5, 0.6) is 5.75 Å². The average molecular weight is 274 g/mol. The highest BCUT2D eigenvalue weighted by molar-refractivity contribution is 5.23. The van der Waals surface area contributed by atoms with Crippen LogP contribution in [0.2, 0.25) is 0 Å². The van der Waals surface area contributed by atoms with Crippen molar-refractivity contribution in [2.24, 2.45) is 0 Å². The number of hydrogen-bond donors (Lipinski definition) is 1. The number of nitrogens with zero attached hydrogens (tertiary/aromatic N) is 1. The molecular formula is C16H22N2O2. The van der Waals surface area contributed by atoms with E-state index in [9.17, 15) is 0 Å². The molecule has 0 atom stereocenters. The van der Waals surface area contributed by atoms with Crippen LogP contribution >= 0.6 is 0 Å². The standard InChI is InChI=1S/C16H22N2O2/c1-11(2)17-9-16-7-14(13(4)20-16)10-19-15-6-5-12(3)18-8-15/h5-8,11,17H,9-10H2,1-4H3. The van der Waals surface area contributed by atoms with Crippen LogP contribution in [0.1, 0.15) is 36.6 Å². The number of hydrogen-bond acceptors (Lipinski definition) is 4. The molecule has 1 N–H and O–H groups in total. The van der Waals surface area contributed by atoms with Crippen LogP contribution in [0.4, 0.5) is 0 Å². The first-order valence-electron chi connectivity index (χ1n) is 6.91. The van der Waals surface area contributed by atoms with Gasteiger partial charge in [0.25, 0.3) is 0 Å². The molecule has 0 aliphatic rings. The lowest BCUT2D eigenvalue weighted by atomic mass is 10.2. The van der Waals surface area contributed by atoms with Gasteiger partial charge in [0.2, 0.25) is 0 Å². The Morgan fingerprint density at radius 1 is 1.30 bits per heavy atom. The van der Waals surface area contributed by atoms with Gasteiger partial charge in [0.1, 0.15) is 23.9 Å². The normalized spacial score (nSPS) is 11.1. The molecule has 0 aliphatic carbocycles. The van der Waals surface area contributed by atoms with E-state index in [0.717, 1.165) is 35.1 Å². The Kier molecular flexibility index (Phi) is 4.79. The zero-order chi connectivity index (χ0) is 14.5. The second kappa shape index (κ2) is 6.57. The summed E-state index contributed by atoms with van der Waals surface area (Å²) >= 11 is 0. The van der Waals surface area contributed by atoms with Crippen molar-refractivity contribution < 1.29 is 9.15 Å². The van der Waals surface area contributed by atoms with Gasteiger partial charge < -0.3 is 14.5 Å². The minimum Gasteiger partial charge on any atom is -0.487 e. The van der Waals surface area contributed by atoms with Crippen LogP contribution in [-0.4, -0.2) is 11.0 Å². The molecule has 0 saturated carbocycles. The summed E-state index contributed by atoms with van der Waals surface area (Å²) in [6.45, 7) is 9.39. The topological polar surface area (TPSA) is 47.3 Å². The molecule has 2 aromatic rings. The fraction of sp³-hybridized carbons (Fsp3) is 0.438. The van der Waals surface area contributed by atoms with Gasteiger partial charge >= 0.3 is 0 Å². The Balaban J connectivity index is 1.94. The van der Waals surface area contributed by atoms with Crippen LogP contribution in [0.15, 0.2) is 28.8 Å². The van der Waals surface area contributed by atoms with Crippen LogP contribution in [0.25, 0.3) is 0 Å². The van der Waals surface area contributed by atoms with Crippen molar-refractivity contribution >= 4 is 0 Å². The summed E-state index contributed by atoms with van der Waals surface area (Å²) in [6.07, 6.45) is 1.74. The van der Waals surface area contributed by atoms with Crippen molar-refractivity contribution in [3.05, 3.63) is 47.2 Å². The first-order chi connectivity index (χ1) is 9.54. The second-order valence-corrected chi connectivity index (χ2v) is 5.25. The van der Waals surface area contributed by atoms with Gasteiger partial charge in [-0.15, -0.1) is 0 Å². The number of furan rings is 1. The molecule has 0 fully saturated rings. The lowest BCUT2D eigenvalue weighted by Crippen LogP contribution is -2.21. The van der Waals surface area contributed by atoms with Crippen molar-refractivity contribution in [2.45, 2.75) is 46.9 Å². The molecule has 0 unspecified atom stereocenters. The number of nitrogens with one attached hydrogen (secondary N) is 1. The highest BCUT2D eigenvalue weighted by atomic mass is 16.5. The molecule has 4 nitrogen and oxygen atoms in total. The fourth-order valence-corrected chi connectivity index (χ4v) is 1.82. The van der Waals surface area contributed by atoms with Gasteiger partial charge in [0.15, 0.2) is 0 Å². The Hall–Kier alpha value is -1.81. The minimum atomic E-state index is 0.443. The average Bonchev–Trinajstić information content (AvgIpc) is 2.76. The van der Waals surface area contributed by atoms with Crippen LogP contribution in [-0.2, 0) is 13.2 Å². The monoisotopic (exact) mass is 274 g/mol. The molecule has 0 spiro atoms. The summed E-state index contributed by atoms with van der Waals surface area (Å²) in [4.78, 5) is 4.21. The van der Waals surface area contributed by atoms with Gasteiger partial charge in [0, 0.05) is 17.3 Å². The lowest BCUT2D eigenvalue weighted by molar-refractivity contribution is 0.301. The molecule has 2 aromatic heterocycles. The molecule has 0 aromatic carbocycles. The Bertz CT molecular complexity index is 544. The van der Waals surface area contributed by atoms with Crippen molar-refractivity contribution in [1.29, 1.82) is 0 Å². The molecule has 2 rings (SSSR count). The summed E-state index contributed by atoms with van der Waals surface area (Å²) < 4.78 is 11.4. The van der Waals surface area contributed by atoms with Crippen LogP contribution in [0.3, 0.4) is 0 Å². The quantitative estimate of drug-likeness (QED) is 0.877. The molecule has 0 saturated heterocycles. The van der Waals surface area contributed by atoms with Gasteiger partial charge in [-0.25, -0.2) is 0 Å². The van der Waals surface area contributed by atoms with Gasteiger partial charge in [0.05, 0.1) is 12.7 Å². The number of ether oxygens (including phenoxy) is 1. The predicted molar refractivity (Wildman–Crippen MR) is 78.7 cm³/mol. The molecule has 2 heterocycles. The number of pyridine rings is 1. The van der Waals surface area contributed by atoms with E-state index < -0.39 is 0 Å². The zero-order valence-corrected chi connectivity index (χ0v) is 12.6. The molecular weight excluding hydrogens is 252 g/mol. The lowest BCUT2D eigenvalue weighted by Gasteiger charge is -2.05. The summed E-state index contributed by atoms with van der Waals surface area (Å²) in [6, 6.07) is 6.36. The zero-order valence-electron chi connectivity index (χ0n) is 12.6. The summed E-state index contributed by atoms with van der Waals surface area (Å²) in [5, 5.41) is 3.34. The van der Waals surface area contributed by atoms with Gasteiger partial charge in [-0.2, -0.15) is 0 Å². The molecule has 108 valence electrons. The van der Waals surface area contributed by atoms with E-state index >= 15 is 0 Å². The third-order valence-corrected chi connectivity index (χ3v) is 3.03. The van der Waals surface area contributed by atoms with Crippen molar-refractivity contribution in [3.63, 3.8) is 0 Å². The number of aromatic nitrogens is 1. The highest BCUT2D eigenvalue weighted by Gasteiger charge is 2.08. The molecule has 4 heteroatoms. The van der Waals surface area contributed by atoms with Crippen molar-refractivity contribution in [3.8, 4) is 5.75 Å². The van der Waals surface area contributed by atoms with E-state index in [1.807, 2.05) is 32.0 Å². The molecule has 0 radical (unpaired) electrons. The van der Waals surface area contributed by atoms with E-state index in [-0.39, 0.29) is 0 Å². The van der Waals surface area contributed by atoms with Gasteiger partial charge in [-0.1, -0.05) is 13.8 Å². The number of aryl methyl sites for hydroxylation is 2. The smallest absolute Gasteiger partial charge is 0.138 e. The van der Waals surface area contributed by atoms with E-state index in [1.165, 1.54) is 0 Å². The SMILES string of the molecule is Cc1ccc(OCc2cc(CNC(C)C)oc2C)cn1. The first kappa shape index (κ1) is 14.6. The molecule has 0 amide bonds. The second-order valence-electron chi connectivity index (χ2n) is 5.25. The highest BCUT2D eigenvalue weighted by Crippen LogP contribution is 2.18. The van der Waals surface area contributed by atoms with E-state index in [1.54, 1.807) is 6.20 Å². The maximum atomic E-state index is 5.72. The van der Waals surface area contributed by atoms with E-state index in [2.05, 4.69) is 24.1 Å². The van der Waals surface area contributed by atoms with Crippen molar-refractivity contribution in [1.82, 2.24) is 10.3 Å². The molecule has 0 aliphatic heterocycles. The third kappa shape index (κ3) is 4.10. The first-order valence-corrected chi connectivity index (χ1v) is 6.91. The molecule has 20 heavy (non-hydrogen) atoms. The summed E-state index contributed by atoms with van der Waals surface area (Å²) in [5.74, 6) is 2.63. The Morgan fingerprint density at radius 3 is 2.75 bits per heavy atom. The minimum absolute atomic E-state index is 0.443. The Morgan fingerprint density at radius 2 is 2.10 bits per heavy atom.